The zero-order valence-electron chi connectivity index (χ0n) is 8.24. The van der Waals surface area contributed by atoms with E-state index >= 15 is 0 Å². The minimum absolute atomic E-state index is 0.474. The SMILES string of the molecule is CC1SCCSC1C(N)C1CCC1. The predicted octanol–water partition coefficient (Wildman–Crippen LogP) is 2.35. The summed E-state index contributed by atoms with van der Waals surface area (Å²) in [7, 11) is 0. The molecule has 13 heavy (non-hydrogen) atoms. The van der Waals surface area contributed by atoms with Gasteiger partial charge in [-0.1, -0.05) is 13.3 Å². The Morgan fingerprint density at radius 3 is 2.46 bits per heavy atom. The fourth-order valence-corrected chi connectivity index (χ4v) is 5.14. The van der Waals surface area contributed by atoms with Crippen molar-refractivity contribution in [2.24, 2.45) is 11.7 Å². The molecular formula is C10H19NS2. The number of hydrogen-bond donors (Lipinski definition) is 1. The van der Waals surface area contributed by atoms with Crippen LogP contribution in [0.4, 0.5) is 0 Å². The van der Waals surface area contributed by atoms with E-state index < -0.39 is 0 Å². The fraction of sp³-hybridized carbons (Fsp3) is 1.00. The van der Waals surface area contributed by atoms with Gasteiger partial charge in [-0.2, -0.15) is 23.5 Å². The Balaban J connectivity index is 1.88. The highest BCUT2D eigenvalue weighted by atomic mass is 32.2. The highest BCUT2D eigenvalue weighted by Crippen LogP contribution is 2.39. The van der Waals surface area contributed by atoms with Crippen molar-refractivity contribution in [2.45, 2.75) is 42.7 Å². The molecule has 2 fully saturated rings. The second-order valence-corrected chi connectivity index (χ2v) is 6.95. The summed E-state index contributed by atoms with van der Waals surface area (Å²) in [6, 6.07) is 0.474. The Labute approximate surface area is 89.6 Å². The third-order valence-corrected chi connectivity index (χ3v) is 6.55. The van der Waals surface area contributed by atoms with Gasteiger partial charge < -0.3 is 5.73 Å². The zero-order valence-corrected chi connectivity index (χ0v) is 9.87. The van der Waals surface area contributed by atoms with Crippen molar-refractivity contribution in [3.63, 3.8) is 0 Å². The number of thioether (sulfide) groups is 2. The van der Waals surface area contributed by atoms with Crippen LogP contribution < -0.4 is 5.73 Å². The van der Waals surface area contributed by atoms with Crippen molar-refractivity contribution in [2.75, 3.05) is 11.5 Å². The molecule has 1 saturated carbocycles. The molecule has 1 aliphatic heterocycles. The molecule has 2 N–H and O–H groups in total. The van der Waals surface area contributed by atoms with E-state index in [-0.39, 0.29) is 0 Å². The van der Waals surface area contributed by atoms with Crippen LogP contribution in [-0.4, -0.2) is 28.0 Å². The second-order valence-electron chi connectivity index (χ2n) is 4.18. The monoisotopic (exact) mass is 217 g/mol. The average molecular weight is 217 g/mol. The number of nitrogens with two attached hydrogens (primary N) is 1. The summed E-state index contributed by atoms with van der Waals surface area (Å²) in [5, 5.41) is 1.50. The maximum atomic E-state index is 6.31. The van der Waals surface area contributed by atoms with E-state index in [1.165, 1.54) is 30.8 Å². The molecule has 2 aliphatic rings. The van der Waals surface area contributed by atoms with E-state index in [1.54, 1.807) is 0 Å². The van der Waals surface area contributed by atoms with Crippen molar-refractivity contribution in [3.05, 3.63) is 0 Å². The first-order valence-corrected chi connectivity index (χ1v) is 7.37. The van der Waals surface area contributed by atoms with E-state index in [2.05, 4.69) is 30.4 Å². The van der Waals surface area contributed by atoms with Gasteiger partial charge in [0.05, 0.1) is 0 Å². The number of hydrogen-bond acceptors (Lipinski definition) is 3. The van der Waals surface area contributed by atoms with Gasteiger partial charge in [-0.05, 0) is 18.8 Å². The standard InChI is InChI=1S/C10H19NS2/c1-7-10(13-6-5-12-7)9(11)8-3-2-4-8/h7-10H,2-6,11H2,1H3. The molecule has 1 aliphatic carbocycles. The molecule has 76 valence electrons. The van der Waals surface area contributed by atoms with Crippen LogP contribution in [0.25, 0.3) is 0 Å². The lowest BCUT2D eigenvalue weighted by atomic mass is 9.78. The van der Waals surface area contributed by atoms with Gasteiger partial charge in [0.2, 0.25) is 0 Å². The molecule has 0 aromatic heterocycles. The molecule has 0 aromatic carbocycles. The first-order valence-electron chi connectivity index (χ1n) is 5.28. The smallest absolute Gasteiger partial charge is 0.0318 e. The Morgan fingerprint density at radius 1 is 1.23 bits per heavy atom. The predicted molar refractivity (Wildman–Crippen MR) is 63.5 cm³/mol. The van der Waals surface area contributed by atoms with E-state index in [0.29, 0.717) is 6.04 Å². The molecular weight excluding hydrogens is 198 g/mol. The van der Waals surface area contributed by atoms with Crippen molar-refractivity contribution < 1.29 is 0 Å². The molecule has 3 atom stereocenters. The lowest BCUT2D eigenvalue weighted by molar-refractivity contribution is 0.257. The summed E-state index contributed by atoms with van der Waals surface area (Å²) >= 11 is 4.22. The molecule has 1 nitrogen and oxygen atoms in total. The minimum Gasteiger partial charge on any atom is -0.326 e. The summed E-state index contributed by atoms with van der Waals surface area (Å²) < 4.78 is 0. The summed E-state index contributed by atoms with van der Waals surface area (Å²) in [5.41, 5.74) is 6.31. The maximum Gasteiger partial charge on any atom is 0.0318 e. The van der Waals surface area contributed by atoms with Gasteiger partial charge in [-0.3, -0.25) is 0 Å². The van der Waals surface area contributed by atoms with Gasteiger partial charge in [0.25, 0.3) is 0 Å². The first-order chi connectivity index (χ1) is 6.29. The van der Waals surface area contributed by atoms with Crippen LogP contribution in [0.1, 0.15) is 26.2 Å². The topological polar surface area (TPSA) is 26.0 Å². The lowest BCUT2D eigenvalue weighted by Crippen LogP contribution is -2.47. The summed E-state index contributed by atoms with van der Waals surface area (Å²) in [6.07, 6.45) is 4.18. The quantitative estimate of drug-likeness (QED) is 0.769. The van der Waals surface area contributed by atoms with Gasteiger partial charge in [-0.15, -0.1) is 0 Å². The van der Waals surface area contributed by atoms with Crippen molar-refractivity contribution >= 4 is 23.5 Å². The lowest BCUT2D eigenvalue weighted by Gasteiger charge is -2.40. The molecule has 0 radical (unpaired) electrons. The zero-order chi connectivity index (χ0) is 9.26. The molecule has 0 spiro atoms. The highest BCUT2D eigenvalue weighted by molar-refractivity contribution is 8.07. The van der Waals surface area contributed by atoms with Gasteiger partial charge in [0.1, 0.15) is 0 Å². The van der Waals surface area contributed by atoms with E-state index in [0.717, 1.165) is 16.4 Å². The molecule has 0 aromatic rings. The van der Waals surface area contributed by atoms with E-state index in [9.17, 15) is 0 Å². The summed E-state index contributed by atoms with van der Waals surface area (Å²) in [4.78, 5) is 0. The summed E-state index contributed by atoms with van der Waals surface area (Å²) in [5.74, 6) is 3.47. The first kappa shape index (κ1) is 10.2. The Hall–Kier alpha value is 0.660. The van der Waals surface area contributed by atoms with Crippen molar-refractivity contribution in [1.82, 2.24) is 0 Å². The number of rotatable bonds is 2. The second kappa shape index (κ2) is 4.45. The molecule has 3 heteroatoms. The van der Waals surface area contributed by atoms with Crippen LogP contribution in [-0.2, 0) is 0 Å². The van der Waals surface area contributed by atoms with Crippen LogP contribution in [0.5, 0.6) is 0 Å². The van der Waals surface area contributed by atoms with Crippen LogP contribution in [0, 0.1) is 5.92 Å². The van der Waals surface area contributed by atoms with Gasteiger partial charge in [0.15, 0.2) is 0 Å². The van der Waals surface area contributed by atoms with E-state index in [1.807, 2.05) is 0 Å². The molecule has 1 saturated heterocycles. The average Bonchev–Trinajstić information content (AvgIpc) is 2.01. The fourth-order valence-electron chi connectivity index (χ4n) is 2.17. The van der Waals surface area contributed by atoms with Crippen LogP contribution in [0.2, 0.25) is 0 Å². The maximum absolute atomic E-state index is 6.31. The molecule has 2 rings (SSSR count). The highest BCUT2D eigenvalue weighted by Gasteiger charge is 2.35. The van der Waals surface area contributed by atoms with Crippen LogP contribution >= 0.6 is 23.5 Å². The normalized spacial score (nSPS) is 38.3. The van der Waals surface area contributed by atoms with Gasteiger partial charge >= 0.3 is 0 Å². The largest absolute Gasteiger partial charge is 0.326 e. The van der Waals surface area contributed by atoms with Crippen LogP contribution in [0.3, 0.4) is 0 Å². The summed E-state index contributed by atoms with van der Waals surface area (Å²) in [6.45, 7) is 2.35. The van der Waals surface area contributed by atoms with Crippen molar-refractivity contribution in [1.29, 1.82) is 0 Å². The third kappa shape index (κ3) is 2.18. The van der Waals surface area contributed by atoms with Gasteiger partial charge in [-0.25, -0.2) is 0 Å². The molecule has 1 heterocycles. The molecule has 0 amide bonds. The minimum atomic E-state index is 0.474. The molecule has 0 bridgehead atoms. The Kier molecular flexibility index (Phi) is 3.49. The van der Waals surface area contributed by atoms with Crippen molar-refractivity contribution in [3.8, 4) is 0 Å². The van der Waals surface area contributed by atoms with Crippen LogP contribution in [0.15, 0.2) is 0 Å². The Morgan fingerprint density at radius 2 is 1.92 bits per heavy atom. The van der Waals surface area contributed by atoms with Gasteiger partial charge in [0, 0.05) is 28.0 Å². The molecule has 3 unspecified atom stereocenters. The third-order valence-electron chi connectivity index (χ3n) is 3.31. The Bertz CT molecular complexity index is 170. The van der Waals surface area contributed by atoms with E-state index in [4.69, 9.17) is 5.73 Å².